The molecule has 126 valence electrons. The van der Waals surface area contributed by atoms with E-state index in [4.69, 9.17) is 8.61 Å². The number of rotatable bonds is 6. The van der Waals surface area contributed by atoms with Gasteiger partial charge < -0.3 is 4.43 Å². The molecule has 1 aliphatic carbocycles. The van der Waals surface area contributed by atoms with Gasteiger partial charge in [0.1, 0.15) is 0 Å². The van der Waals surface area contributed by atoms with E-state index < -0.39 is 19.2 Å². The molecular formula is C15H32O4SSi. The van der Waals surface area contributed by atoms with E-state index >= 15 is 0 Å². The lowest BCUT2D eigenvalue weighted by molar-refractivity contribution is -0.0258. The highest BCUT2D eigenvalue weighted by Crippen LogP contribution is 2.51. The zero-order chi connectivity index (χ0) is 16.3. The Morgan fingerprint density at radius 2 is 1.71 bits per heavy atom. The summed E-state index contributed by atoms with van der Waals surface area (Å²) in [6, 6.07) is 0. The largest absolute Gasteiger partial charge is 0.420 e. The summed E-state index contributed by atoms with van der Waals surface area (Å²) in [7, 11) is -4.33. The molecule has 0 N–H and O–H groups in total. The summed E-state index contributed by atoms with van der Waals surface area (Å²) in [6.45, 7) is 12.5. The molecule has 1 aliphatic rings. The van der Waals surface area contributed by atoms with Gasteiger partial charge in [0.25, 0.3) is 10.1 Å². The third-order valence-corrected chi connectivity index (χ3v) is 6.26. The maximum atomic E-state index is 11.1. The van der Waals surface area contributed by atoms with Crippen LogP contribution in [0.4, 0.5) is 0 Å². The Bertz CT molecular complexity index is 417. The van der Waals surface area contributed by atoms with Gasteiger partial charge in [-0.3, -0.25) is 4.18 Å². The van der Waals surface area contributed by atoms with E-state index in [9.17, 15) is 8.42 Å². The summed E-state index contributed by atoms with van der Waals surface area (Å²) < 4.78 is 33.2. The second kappa shape index (κ2) is 7.11. The van der Waals surface area contributed by atoms with Gasteiger partial charge in [-0.15, -0.1) is 0 Å². The van der Waals surface area contributed by atoms with E-state index in [1.54, 1.807) is 0 Å². The first-order valence-electron chi connectivity index (χ1n) is 7.91. The quantitative estimate of drug-likeness (QED) is 0.552. The van der Waals surface area contributed by atoms with Crippen molar-refractivity contribution in [1.29, 1.82) is 0 Å². The Hall–Kier alpha value is 0.0869. The van der Waals surface area contributed by atoms with Crippen molar-refractivity contribution in [1.82, 2.24) is 0 Å². The van der Waals surface area contributed by atoms with E-state index in [0.717, 1.165) is 38.5 Å². The molecule has 0 unspecified atom stereocenters. The summed E-state index contributed by atoms with van der Waals surface area (Å²) >= 11 is 0. The fourth-order valence-electron chi connectivity index (χ4n) is 3.05. The van der Waals surface area contributed by atoms with Crippen LogP contribution in [0.1, 0.15) is 46.5 Å². The molecule has 1 fully saturated rings. The molecule has 4 nitrogen and oxygen atoms in total. The average Bonchev–Trinajstić information content (AvgIpc) is 2.32. The molecule has 0 amide bonds. The molecular weight excluding hydrogens is 304 g/mol. The highest BCUT2D eigenvalue weighted by Gasteiger charge is 2.44. The van der Waals surface area contributed by atoms with Crippen LogP contribution < -0.4 is 0 Å². The van der Waals surface area contributed by atoms with Gasteiger partial charge in [0.2, 0.25) is 0 Å². The lowest BCUT2D eigenvalue weighted by Crippen LogP contribution is -2.44. The zero-order valence-electron chi connectivity index (χ0n) is 14.4. The van der Waals surface area contributed by atoms with Crippen molar-refractivity contribution in [2.24, 2.45) is 16.7 Å². The molecule has 0 spiro atoms. The monoisotopic (exact) mass is 336 g/mol. The van der Waals surface area contributed by atoms with Crippen LogP contribution in [0.25, 0.3) is 0 Å². The highest BCUT2D eigenvalue weighted by atomic mass is 32.2. The van der Waals surface area contributed by atoms with Gasteiger partial charge in [-0.2, -0.15) is 8.42 Å². The summed E-state index contributed by atoms with van der Waals surface area (Å²) in [5, 5.41) is 0. The smallest absolute Gasteiger partial charge is 0.264 e. The maximum absolute atomic E-state index is 11.1. The van der Waals surface area contributed by atoms with Crippen LogP contribution in [-0.2, 0) is 18.7 Å². The van der Waals surface area contributed by atoms with Crippen molar-refractivity contribution in [3.8, 4) is 0 Å². The van der Waals surface area contributed by atoms with Crippen molar-refractivity contribution in [2.75, 3.05) is 19.5 Å². The van der Waals surface area contributed by atoms with Gasteiger partial charge in [0.15, 0.2) is 9.04 Å². The van der Waals surface area contributed by atoms with Gasteiger partial charge in [0.05, 0.1) is 12.9 Å². The molecule has 0 aromatic rings. The first-order valence-corrected chi connectivity index (χ1v) is 12.5. The standard InChI is InChI=1S/C15H32O4SSi/c1-14(2,3)15(12-19-21(5)6)9-7-13(8-10-15)11-18-20(4,16)17/h13,21H,7-12H2,1-6H3. The van der Waals surface area contributed by atoms with Gasteiger partial charge in [0, 0.05) is 6.61 Å². The predicted molar refractivity (Wildman–Crippen MR) is 89.5 cm³/mol. The molecule has 0 bridgehead atoms. The van der Waals surface area contributed by atoms with Crippen LogP contribution in [0, 0.1) is 16.7 Å². The van der Waals surface area contributed by atoms with Gasteiger partial charge >= 0.3 is 0 Å². The molecule has 0 heterocycles. The van der Waals surface area contributed by atoms with E-state index in [0.29, 0.717) is 12.5 Å². The molecule has 0 aliphatic heterocycles. The molecule has 0 aromatic heterocycles. The van der Waals surface area contributed by atoms with Crippen LogP contribution in [0.5, 0.6) is 0 Å². The summed E-state index contributed by atoms with van der Waals surface area (Å²) in [4.78, 5) is 0. The van der Waals surface area contributed by atoms with Crippen LogP contribution >= 0.6 is 0 Å². The lowest BCUT2D eigenvalue weighted by Gasteiger charge is -2.49. The molecule has 0 atom stereocenters. The number of hydrogen-bond donors (Lipinski definition) is 0. The molecule has 21 heavy (non-hydrogen) atoms. The molecule has 0 saturated heterocycles. The molecule has 6 heteroatoms. The van der Waals surface area contributed by atoms with E-state index in [1.807, 2.05) is 0 Å². The maximum Gasteiger partial charge on any atom is 0.264 e. The minimum atomic E-state index is -3.32. The highest BCUT2D eigenvalue weighted by molar-refractivity contribution is 7.85. The van der Waals surface area contributed by atoms with Crippen molar-refractivity contribution in [3.63, 3.8) is 0 Å². The van der Waals surface area contributed by atoms with E-state index in [2.05, 4.69) is 33.9 Å². The van der Waals surface area contributed by atoms with E-state index in [1.165, 1.54) is 0 Å². The molecule has 0 aromatic carbocycles. The van der Waals surface area contributed by atoms with Gasteiger partial charge in [-0.05, 0) is 55.5 Å². The van der Waals surface area contributed by atoms with Gasteiger partial charge in [-0.25, -0.2) is 0 Å². The number of hydrogen-bond acceptors (Lipinski definition) is 4. The lowest BCUT2D eigenvalue weighted by atomic mass is 9.58. The molecule has 0 radical (unpaired) electrons. The van der Waals surface area contributed by atoms with Crippen molar-refractivity contribution in [3.05, 3.63) is 0 Å². The van der Waals surface area contributed by atoms with Crippen molar-refractivity contribution < 1.29 is 17.0 Å². The fourth-order valence-corrected chi connectivity index (χ4v) is 4.15. The Labute approximate surface area is 132 Å². The SMILES string of the molecule is C[SiH](C)OCC1(C(C)(C)C)CCC(COS(C)(=O)=O)CC1. The first-order chi connectivity index (χ1) is 9.45. The Balaban J connectivity index is 2.63. The van der Waals surface area contributed by atoms with Crippen molar-refractivity contribution in [2.45, 2.75) is 59.5 Å². The second-order valence-electron chi connectivity index (χ2n) is 7.82. The Kier molecular flexibility index (Phi) is 6.48. The van der Waals surface area contributed by atoms with Crippen LogP contribution in [0.15, 0.2) is 0 Å². The fraction of sp³-hybridized carbons (Fsp3) is 1.00. The van der Waals surface area contributed by atoms with Crippen LogP contribution in [-0.4, -0.2) is 36.9 Å². The third-order valence-electron chi connectivity index (χ3n) is 4.86. The predicted octanol–water partition coefficient (Wildman–Crippen LogP) is 3.19. The minimum absolute atomic E-state index is 0.207. The van der Waals surface area contributed by atoms with Crippen LogP contribution in [0.2, 0.25) is 13.1 Å². The third kappa shape index (κ3) is 6.00. The summed E-state index contributed by atoms with van der Waals surface area (Å²) in [5.74, 6) is 0.353. The second-order valence-corrected chi connectivity index (χ2v) is 11.9. The molecule has 1 rings (SSSR count). The summed E-state index contributed by atoms with van der Waals surface area (Å²) in [5.41, 5.74) is 0.421. The van der Waals surface area contributed by atoms with Gasteiger partial charge in [-0.1, -0.05) is 20.8 Å². The first kappa shape index (κ1) is 19.1. The Morgan fingerprint density at radius 3 is 2.10 bits per heavy atom. The van der Waals surface area contributed by atoms with Crippen molar-refractivity contribution >= 4 is 19.2 Å². The minimum Gasteiger partial charge on any atom is -0.420 e. The Morgan fingerprint density at radius 1 is 1.19 bits per heavy atom. The summed E-state index contributed by atoms with van der Waals surface area (Å²) in [6.07, 6.45) is 5.35. The van der Waals surface area contributed by atoms with Crippen LogP contribution in [0.3, 0.4) is 0 Å². The normalized spacial score (nSPS) is 28.0. The van der Waals surface area contributed by atoms with E-state index in [-0.39, 0.29) is 10.8 Å². The zero-order valence-corrected chi connectivity index (χ0v) is 16.4. The topological polar surface area (TPSA) is 52.6 Å². The average molecular weight is 337 g/mol. The molecule has 1 saturated carbocycles.